The molecule has 0 aromatic carbocycles. The van der Waals surface area contributed by atoms with E-state index in [0.717, 1.165) is 20.8 Å². The van der Waals surface area contributed by atoms with Gasteiger partial charge in [-0.2, -0.15) is 8.42 Å². The van der Waals surface area contributed by atoms with Crippen LogP contribution in [0.2, 0.25) is 0 Å². The number of aliphatic hydroxyl groups is 19. The lowest BCUT2D eigenvalue weighted by Crippen LogP contribution is -2.70. The summed E-state index contributed by atoms with van der Waals surface area (Å²) >= 11 is 0. The van der Waals surface area contributed by atoms with Gasteiger partial charge in [0, 0.05) is 20.8 Å². The Morgan fingerprint density at radius 2 is 0.911 bits per heavy atom. The number of ether oxygens (including phenoxy) is 12. The molecule has 6 heterocycles. The van der Waals surface area contributed by atoms with Crippen LogP contribution in [-0.4, -0.2) is 382 Å². The standard InChI is InChI=1S/C48H83N3O38S/c1-12-25(61)32(68)35(71)45(79-12)89-42-34(70)27(63)18(6-53)81-48(42)87-40-21(9-56)83-44(24(31(40)67)51-15(4)59)88-41-29(65)19(7-54)80-47(37(41)73)85-38(16(5-52)49-13(2)57)26(62)17(60)10-77-43-23(50-14(3)58)30(66)39(20(8-55)82-43)86-46-36(72)33(69)28(64)22(84-46)11-78-90(74,75)76/h12,16-48,52-56,60-73H,5-11H2,1-4H3,(H,49,57)(H,50,58)(H,51,59)(H,74,75,76)/t12-,16-,17+,18+,19+,20+,21+,22+,23+,24+,25+,26-,27-,28-,29-,30+,31+,32+,33-,34-,35-,36+,37+,38+,39+,40+,41-,42+,43+,44-,45-,46-,47-,48-/m0/s1. The summed E-state index contributed by atoms with van der Waals surface area (Å²) in [5.74, 6) is -2.69. The molecule has 6 aliphatic heterocycles. The van der Waals surface area contributed by atoms with Crippen molar-refractivity contribution in [1.82, 2.24) is 16.0 Å². The van der Waals surface area contributed by atoms with Crippen LogP contribution in [0.25, 0.3) is 0 Å². The van der Waals surface area contributed by atoms with Gasteiger partial charge in [0.25, 0.3) is 0 Å². The molecule has 0 bridgehead atoms. The number of carbonyl (C=O) groups is 3. The highest BCUT2D eigenvalue weighted by atomic mass is 32.3. The minimum atomic E-state index is -5.13. The molecule has 42 heteroatoms. The third kappa shape index (κ3) is 18.1. The van der Waals surface area contributed by atoms with Gasteiger partial charge in [-0.05, 0) is 6.92 Å². The van der Waals surface area contributed by atoms with Crippen molar-refractivity contribution in [1.29, 1.82) is 0 Å². The van der Waals surface area contributed by atoms with Crippen molar-refractivity contribution >= 4 is 28.1 Å². The molecule has 6 fully saturated rings. The van der Waals surface area contributed by atoms with Gasteiger partial charge in [0.15, 0.2) is 37.7 Å². The van der Waals surface area contributed by atoms with Crippen LogP contribution < -0.4 is 16.0 Å². The molecule has 6 saturated heterocycles. The highest BCUT2D eigenvalue weighted by molar-refractivity contribution is 7.80. The van der Waals surface area contributed by atoms with E-state index >= 15 is 0 Å². The van der Waals surface area contributed by atoms with Gasteiger partial charge in [-0.1, -0.05) is 0 Å². The van der Waals surface area contributed by atoms with Crippen molar-refractivity contribution in [2.24, 2.45) is 0 Å². The molecule has 0 saturated carbocycles. The molecule has 6 aliphatic rings. The number of carbonyl (C=O) groups excluding carboxylic acids is 3. The predicted octanol–water partition coefficient (Wildman–Crippen LogP) is -15.4. The summed E-state index contributed by atoms with van der Waals surface area (Å²) in [6.45, 7) is -3.51. The monoisotopic (exact) mass is 1340 g/mol. The van der Waals surface area contributed by atoms with Crippen molar-refractivity contribution in [3.63, 3.8) is 0 Å². The normalized spacial score (nSPS) is 44.2. The third-order valence-corrected chi connectivity index (χ3v) is 16.0. The molecule has 0 aliphatic carbocycles. The topological polar surface area (TPSA) is 646 Å². The first-order valence-electron chi connectivity index (χ1n) is 28.0. The van der Waals surface area contributed by atoms with E-state index in [1.165, 1.54) is 6.92 Å². The number of rotatable bonds is 27. The minimum Gasteiger partial charge on any atom is -0.394 e. The number of hydrogen-bond donors (Lipinski definition) is 23. The molecular formula is C48H83N3O38S. The van der Waals surface area contributed by atoms with Gasteiger partial charge in [-0.25, -0.2) is 4.18 Å². The maximum absolute atomic E-state index is 12.8. The fraction of sp³-hybridized carbons (Fsp3) is 0.938. The molecule has 6 rings (SSSR count). The van der Waals surface area contributed by atoms with E-state index in [1.54, 1.807) is 0 Å². The summed E-state index contributed by atoms with van der Waals surface area (Å²) < 4.78 is 104. The Morgan fingerprint density at radius 1 is 0.467 bits per heavy atom. The maximum Gasteiger partial charge on any atom is 0.397 e. The molecule has 0 aromatic heterocycles. The average Bonchev–Trinajstić information content (AvgIpc) is 0.794. The van der Waals surface area contributed by atoms with Gasteiger partial charge in [0.1, 0.15) is 159 Å². The average molecular weight is 1340 g/mol. The Kier molecular flexibility index (Phi) is 28.0. The van der Waals surface area contributed by atoms with Crippen LogP contribution in [0.15, 0.2) is 0 Å². The summed E-state index contributed by atoms with van der Waals surface area (Å²) in [6, 6.07) is -5.44. The van der Waals surface area contributed by atoms with Gasteiger partial charge in [0.05, 0.1) is 58.4 Å². The second-order valence-corrected chi connectivity index (χ2v) is 23.2. The Morgan fingerprint density at radius 3 is 1.43 bits per heavy atom. The molecule has 0 aromatic rings. The van der Waals surface area contributed by atoms with Crippen LogP contribution in [0, 0.1) is 0 Å². The third-order valence-electron chi connectivity index (χ3n) is 15.6. The fourth-order valence-electron chi connectivity index (χ4n) is 10.8. The molecule has 0 spiro atoms. The first kappa shape index (κ1) is 76.1. The smallest absolute Gasteiger partial charge is 0.394 e. The molecule has 34 atom stereocenters. The van der Waals surface area contributed by atoms with Crippen LogP contribution in [-0.2, 0) is 85.8 Å². The van der Waals surface area contributed by atoms with Gasteiger partial charge in [0.2, 0.25) is 17.7 Å². The Balaban J connectivity index is 1.21. The Bertz CT molecular complexity index is 2380. The van der Waals surface area contributed by atoms with Gasteiger partial charge in [-0.15, -0.1) is 0 Å². The summed E-state index contributed by atoms with van der Waals surface area (Å²) in [5, 5.41) is 214. The molecule has 524 valence electrons. The molecule has 0 radical (unpaired) electrons. The van der Waals surface area contributed by atoms with Crippen LogP contribution in [0.3, 0.4) is 0 Å². The van der Waals surface area contributed by atoms with Crippen molar-refractivity contribution in [2.45, 2.75) is 236 Å². The molecule has 90 heavy (non-hydrogen) atoms. The van der Waals surface area contributed by atoms with Gasteiger partial charge >= 0.3 is 10.4 Å². The first-order chi connectivity index (χ1) is 42.2. The van der Waals surface area contributed by atoms with Crippen LogP contribution in [0.5, 0.6) is 0 Å². The minimum absolute atomic E-state index is 0.883. The van der Waals surface area contributed by atoms with E-state index in [-0.39, 0.29) is 0 Å². The highest BCUT2D eigenvalue weighted by Gasteiger charge is 2.58. The highest BCUT2D eigenvalue weighted by Crippen LogP contribution is 2.37. The first-order valence-corrected chi connectivity index (χ1v) is 29.4. The lowest BCUT2D eigenvalue weighted by Gasteiger charge is -2.50. The number of aliphatic hydroxyl groups excluding tert-OH is 19. The summed E-state index contributed by atoms with van der Waals surface area (Å²) in [5.41, 5.74) is 0. The molecular weight excluding hydrogens is 1260 g/mol. The fourth-order valence-corrected chi connectivity index (χ4v) is 11.1. The van der Waals surface area contributed by atoms with E-state index < -0.39 is 283 Å². The van der Waals surface area contributed by atoms with Gasteiger partial charge in [-0.3, -0.25) is 18.9 Å². The molecule has 0 unspecified atom stereocenters. The zero-order valence-corrected chi connectivity index (χ0v) is 49.1. The number of amides is 3. The second-order valence-electron chi connectivity index (χ2n) is 22.1. The lowest BCUT2D eigenvalue weighted by atomic mass is 9.94. The van der Waals surface area contributed by atoms with E-state index in [2.05, 4.69) is 20.1 Å². The van der Waals surface area contributed by atoms with Gasteiger partial charge < -0.3 is 170 Å². The van der Waals surface area contributed by atoms with Crippen molar-refractivity contribution in [3.05, 3.63) is 0 Å². The van der Waals surface area contributed by atoms with Crippen LogP contribution in [0.4, 0.5) is 0 Å². The summed E-state index contributed by atoms with van der Waals surface area (Å²) in [6.07, 6.45) is -61.7. The quantitative estimate of drug-likeness (QED) is 0.0340. The molecule has 23 N–H and O–H groups in total. The molecule has 41 nitrogen and oxygen atoms in total. The number of nitrogens with one attached hydrogen (secondary N) is 3. The van der Waals surface area contributed by atoms with E-state index in [4.69, 9.17) is 61.4 Å². The van der Waals surface area contributed by atoms with E-state index in [0.29, 0.717) is 0 Å². The number of hydrogen-bond acceptors (Lipinski definition) is 37. The zero-order valence-electron chi connectivity index (χ0n) is 48.3. The van der Waals surface area contributed by atoms with Crippen LogP contribution >= 0.6 is 0 Å². The summed E-state index contributed by atoms with van der Waals surface area (Å²) in [4.78, 5) is 37.7. The lowest BCUT2D eigenvalue weighted by molar-refractivity contribution is -0.389. The Labute approximate surface area is 510 Å². The van der Waals surface area contributed by atoms with Crippen molar-refractivity contribution in [2.75, 3.05) is 46.2 Å². The van der Waals surface area contributed by atoms with E-state index in [9.17, 15) is 120 Å². The summed E-state index contributed by atoms with van der Waals surface area (Å²) in [7, 11) is -5.13. The maximum atomic E-state index is 12.8. The SMILES string of the molecule is CC(=O)N[C@H]1[C@H](OC[C@@H](O)[C@H](O)[C@H](O[C@@H]2O[C@H](CO)[C@H](O)[C@H](O[C@@H]3O[C@H](CO)[C@@H](O[C@@H]4O[C@H](CO)[C@H](O)[C@H](O)[C@H]4O[C@@H]4O[C@@H](C)[C@@H](O)[C@@H](O)[C@@H]4O)[C@H](O)[C@H]3NC(C)=O)[C@H]2O)[C@H](CO)NC(C)=O)O[C@H](CO)[C@@H](O[C@@H]2O[C@H](COS(=O)(=O)O)[C@H](O)[C@H](O)[C@H]2O)[C@@H]1O. The second kappa shape index (κ2) is 33.1. The zero-order chi connectivity index (χ0) is 67.1. The molecule has 3 amide bonds. The van der Waals surface area contributed by atoms with Crippen molar-refractivity contribution in [3.8, 4) is 0 Å². The van der Waals surface area contributed by atoms with Crippen LogP contribution in [0.1, 0.15) is 27.7 Å². The Hall–Kier alpha value is -2.96. The predicted molar refractivity (Wildman–Crippen MR) is 278 cm³/mol. The van der Waals surface area contributed by atoms with Crippen molar-refractivity contribution < 1.29 is 185 Å². The largest absolute Gasteiger partial charge is 0.397 e. The van der Waals surface area contributed by atoms with E-state index in [1.807, 2.05) is 0 Å².